The fraction of sp³-hybridized carbons (Fsp3) is 0.450. The fourth-order valence-corrected chi connectivity index (χ4v) is 4.39. The standard InChI is InChI=1S/C20H26N4O4S/c1-24(29(26,27)17-9-5-11-21-13-17)14-19(25)23-20-18(10-6-12-22-20)28-15-16-7-3-2-4-8-16/h5-6,9-13,16H,2-4,7-8,14-15H2,1H3,(H,22,23,25). The monoisotopic (exact) mass is 418 g/mol. The van der Waals surface area contributed by atoms with Crippen LogP contribution >= 0.6 is 0 Å². The van der Waals surface area contributed by atoms with Crippen molar-refractivity contribution in [3.05, 3.63) is 42.9 Å². The highest BCUT2D eigenvalue weighted by molar-refractivity contribution is 7.89. The summed E-state index contributed by atoms with van der Waals surface area (Å²) in [6.45, 7) is 0.236. The van der Waals surface area contributed by atoms with Gasteiger partial charge in [0, 0.05) is 25.6 Å². The molecule has 9 heteroatoms. The minimum Gasteiger partial charge on any atom is -0.489 e. The Hall–Kier alpha value is -2.52. The van der Waals surface area contributed by atoms with Crippen molar-refractivity contribution in [2.24, 2.45) is 5.92 Å². The van der Waals surface area contributed by atoms with Gasteiger partial charge < -0.3 is 10.1 Å². The van der Waals surface area contributed by atoms with Crippen LogP contribution in [0.4, 0.5) is 5.82 Å². The second-order valence-corrected chi connectivity index (χ2v) is 9.21. The third-order valence-corrected chi connectivity index (χ3v) is 6.72. The molecule has 0 unspecified atom stereocenters. The van der Waals surface area contributed by atoms with E-state index in [2.05, 4.69) is 15.3 Å². The van der Waals surface area contributed by atoms with Gasteiger partial charge in [0.15, 0.2) is 11.6 Å². The number of aromatic nitrogens is 2. The SMILES string of the molecule is CN(CC(=O)Nc1ncccc1OCC1CCCCC1)S(=O)(=O)c1cccnc1. The highest BCUT2D eigenvalue weighted by atomic mass is 32.2. The van der Waals surface area contributed by atoms with Gasteiger partial charge in [0.2, 0.25) is 15.9 Å². The maximum Gasteiger partial charge on any atom is 0.244 e. The normalized spacial score (nSPS) is 15.2. The second-order valence-electron chi connectivity index (χ2n) is 7.16. The van der Waals surface area contributed by atoms with Gasteiger partial charge >= 0.3 is 0 Å². The third-order valence-electron chi connectivity index (χ3n) is 4.94. The van der Waals surface area contributed by atoms with Gasteiger partial charge in [-0.1, -0.05) is 19.3 Å². The number of likely N-dealkylation sites (N-methyl/N-ethyl adjacent to an activating group) is 1. The molecule has 8 nitrogen and oxygen atoms in total. The van der Waals surface area contributed by atoms with Gasteiger partial charge in [-0.3, -0.25) is 9.78 Å². The highest BCUT2D eigenvalue weighted by Crippen LogP contribution is 2.27. The van der Waals surface area contributed by atoms with Crippen molar-refractivity contribution < 1.29 is 17.9 Å². The summed E-state index contributed by atoms with van der Waals surface area (Å²) in [7, 11) is -2.45. The van der Waals surface area contributed by atoms with Crippen molar-refractivity contribution in [3.63, 3.8) is 0 Å². The lowest BCUT2D eigenvalue weighted by atomic mass is 9.90. The molecule has 1 amide bonds. The molecule has 0 bridgehead atoms. The third kappa shape index (κ3) is 5.74. The number of amides is 1. The molecule has 0 aromatic carbocycles. The van der Waals surface area contributed by atoms with Crippen LogP contribution in [-0.4, -0.2) is 48.8 Å². The Kier molecular flexibility index (Phi) is 7.16. The van der Waals surface area contributed by atoms with Crippen molar-refractivity contribution in [2.45, 2.75) is 37.0 Å². The van der Waals surface area contributed by atoms with Crippen molar-refractivity contribution in [1.29, 1.82) is 0 Å². The topological polar surface area (TPSA) is 101 Å². The number of rotatable bonds is 8. The Morgan fingerprint density at radius 2 is 1.97 bits per heavy atom. The summed E-state index contributed by atoms with van der Waals surface area (Å²) in [6, 6.07) is 6.46. The maximum absolute atomic E-state index is 12.5. The molecule has 156 valence electrons. The molecule has 1 aliphatic rings. The summed E-state index contributed by atoms with van der Waals surface area (Å²) < 4.78 is 31.9. The van der Waals surface area contributed by atoms with Crippen LogP contribution in [0.1, 0.15) is 32.1 Å². The van der Waals surface area contributed by atoms with E-state index >= 15 is 0 Å². The molecule has 0 aliphatic heterocycles. The smallest absolute Gasteiger partial charge is 0.244 e. The average Bonchev–Trinajstić information content (AvgIpc) is 2.74. The lowest BCUT2D eigenvalue weighted by molar-refractivity contribution is -0.116. The number of nitrogens with one attached hydrogen (secondary N) is 1. The number of carbonyl (C=O) groups is 1. The summed E-state index contributed by atoms with van der Waals surface area (Å²) >= 11 is 0. The van der Waals surface area contributed by atoms with Gasteiger partial charge in [-0.15, -0.1) is 0 Å². The molecular weight excluding hydrogens is 392 g/mol. The first kappa shape index (κ1) is 21.2. The van der Waals surface area contributed by atoms with Crippen LogP contribution in [0.3, 0.4) is 0 Å². The number of sulfonamides is 1. The molecule has 3 rings (SSSR count). The van der Waals surface area contributed by atoms with Gasteiger partial charge in [0.1, 0.15) is 4.90 Å². The Balaban J connectivity index is 1.60. The van der Waals surface area contributed by atoms with Crippen molar-refractivity contribution >= 4 is 21.7 Å². The van der Waals surface area contributed by atoms with Crippen molar-refractivity contribution in [1.82, 2.24) is 14.3 Å². The van der Waals surface area contributed by atoms with Gasteiger partial charge in [0.25, 0.3) is 0 Å². The lowest BCUT2D eigenvalue weighted by Gasteiger charge is -2.22. The summed E-state index contributed by atoms with van der Waals surface area (Å²) in [4.78, 5) is 20.5. The number of anilines is 1. The van der Waals surface area contributed by atoms with Crippen LogP contribution in [0.15, 0.2) is 47.8 Å². The Bertz CT molecular complexity index is 915. The van der Waals surface area contributed by atoms with Crippen LogP contribution < -0.4 is 10.1 Å². The molecule has 2 aromatic rings. The van der Waals surface area contributed by atoms with E-state index < -0.39 is 15.9 Å². The molecule has 1 aliphatic carbocycles. The number of hydrogen-bond acceptors (Lipinski definition) is 6. The first-order valence-electron chi connectivity index (χ1n) is 9.71. The van der Waals surface area contributed by atoms with E-state index in [1.165, 1.54) is 50.8 Å². The Morgan fingerprint density at radius 3 is 2.69 bits per heavy atom. The number of pyridine rings is 2. The van der Waals surface area contributed by atoms with Gasteiger partial charge in [-0.05, 0) is 43.0 Å². The first-order valence-corrected chi connectivity index (χ1v) is 11.1. The molecule has 0 spiro atoms. The molecule has 2 aromatic heterocycles. The minimum atomic E-state index is -3.80. The molecule has 0 radical (unpaired) electrons. The molecule has 29 heavy (non-hydrogen) atoms. The molecule has 0 atom stereocenters. The summed E-state index contributed by atoms with van der Waals surface area (Å²) in [5.74, 6) is 0.800. The number of nitrogens with zero attached hydrogens (tertiary/aromatic N) is 3. The predicted octanol–water partition coefficient (Wildman–Crippen LogP) is 2.69. The zero-order valence-corrected chi connectivity index (χ0v) is 17.3. The van der Waals surface area contributed by atoms with E-state index in [4.69, 9.17) is 4.74 Å². The number of hydrogen-bond donors (Lipinski definition) is 1. The van der Waals surface area contributed by atoms with Crippen LogP contribution in [0, 0.1) is 5.92 Å². The minimum absolute atomic E-state index is 0.0321. The van der Waals surface area contributed by atoms with E-state index in [9.17, 15) is 13.2 Å². The zero-order valence-electron chi connectivity index (χ0n) is 16.5. The Labute approximate surface area is 171 Å². The van der Waals surface area contributed by atoms with Gasteiger partial charge in [0.05, 0.1) is 13.2 Å². The summed E-state index contributed by atoms with van der Waals surface area (Å²) in [5.41, 5.74) is 0. The van der Waals surface area contributed by atoms with E-state index in [-0.39, 0.29) is 11.4 Å². The number of ether oxygens (including phenoxy) is 1. The molecular formula is C20H26N4O4S. The Morgan fingerprint density at radius 1 is 1.21 bits per heavy atom. The molecule has 2 heterocycles. The summed E-state index contributed by atoms with van der Waals surface area (Å²) in [6.07, 6.45) is 10.3. The zero-order chi connectivity index (χ0) is 20.7. The molecule has 0 saturated heterocycles. The van der Waals surface area contributed by atoms with Gasteiger partial charge in [-0.2, -0.15) is 4.31 Å². The second kappa shape index (κ2) is 9.80. The van der Waals surface area contributed by atoms with Crippen molar-refractivity contribution in [2.75, 3.05) is 25.5 Å². The molecule has 1 saturated carbocycles. The van der Waals surface area contributed by atoms with Crippen LogP contribution in [0.2, 0.25) is 0 Å². The maximum atomic E-state index is 12.5. The predicted molar refractivity (Wildman–Crippen MR) is 109 cm³/mol. The van der Waals surface area contributed by atoms with Crippen LogP contribution in [-0.2, 0) is 14.8 Å². The number of carbonyl (C=O) groups excluding carboxylic acids is 1. The summed E-state index contributed by atoms with van der Waals surface area (Å²) in [5, 5.41) is 2.66. The van der Waals surface area contributed by atoms with E-state index in [1.54, 1.807) is 18.3 Å². The van der Waals surface area contributed by atoms with E-state index in [0.29, 0.717) is 24.1 Å². The first-order chi connectivity index (χ1) is 14.0. The van der Waals surface area contributed by atoms with E-state index in [0.717, 1.165) is 17.1 Å². The van der Waals surface area contributed by atoms with Crippen molar-refractivity contribution in [3.8, 4) is 5.75 Å². The quantitative estimate of drug-likeness (QED) is 0.707. The molecule has 1 fully saturated rings. The highest BCUT2D eigenvalue weighted by Gasteiger charge is 2.24. The van der Waals surface area contributed by atoms with E-state index in [1.807, 2.05) is 0 Å². The lowest BCUT2D eigenvalue weighted by Crippen LogP contribution is -2.35. The average molecular weight is 419 g/mol. The van der Waals surface area contributed by atoms with Crippen LogP contribution in [0.25, 0.3) is 0 Å². The largest absolute Gasteiger partial charge is 0.489 e. The van der Waals surface area contributed by atoms with Gasteiger partial charge in [-0.25, -0.2) is 13.4 Å². The molecule has 1 N–H and O–H groups in total. The van der Waals surface area contributed by atoms with Crippen LogP contribution in [0.5, 0.6) is 5.75 Å². The fourth-order valence-electron chi connectivity index (χ4n) is 3.30.